The molecule has 0 saturated heterocycles. The van der Waals surface area contributed by atoms with Crippen LogP contribution in [0.1, 0.15) is 37.0 Å². The second-order valence-electron chi connectivity index (χ2n) is 8.93. The number of hydrogen-bond acceptors (Lipinski definition) is 5. The lowest BCUT2D eigenvalue weighted by atomic mass is 9.94. The Morgan fingerprint density at radius 3 is 2.50 bits per heavy atom. The molecular formula is C27H21ClF2N4O4. The van der Waals surface area contributed by atoms with Gasteiger partial charge in [-0.3, -0.25) is 15.1 Å². The van der Waals surface area contributed by atoms with Gasteiger partial charge in [-0.25, -0.2) is 18.3 Å². The first kappa shape index (κ1) is 25.3. The smallest absolute Gasteiger partial charge is 0.413 e. The number of halogens is 3. The Hall–Kier alpha value is -4.31. The quantitative estimate of drug-likeness (QED) is 0.286. The number of amides is 1. The molecule has 0 aliphatic heterocycles. The monoisotopic (exact) mass is 538 g/mol. The van der Waals surface area contributed by atoms with E-state index in [-0.39, 0.29) is 11.4 Å². The molecule has 8 nitrogen and oxygen atoms in total. The van der Waals surface area contributed by atoms with Crippen LogP contribution in [0.15, 0.2) is 67.0 Å². The third-order valence-electron chi connectivity index (χ3n) is 6.50. The zero-order valence-corrected chi connectivity index (χ0v) is 20.7. The summed E-state index contributed by atoms with van der Waals surface area (Å²) < 4.78 is 35.7. The second kappa shape index (κ2) is 9.86. The highest BCUT2D eigenvalue weighted by atomic mass is 35.5. The number of carboxylic acid groups (broad SMARTS) is 1. The van der Waals surface area contributed by atoms with Crippen LogP contribution in [0, 0.1) is 11.6 Å². The predicted octanol–water partition coefficient (Wildman–Crippen LogP) is 6.29. The topological polar surface area (TPSA) is 106 Å². The fourth-order valence-corrected chi connectivity index (χ4v) is 4.55. The first-order valence-corrected chi connectivity index (χ1v) is 12.0. The number of aliphatic carboxylic acids is 1. The number of hydrogen-bond donors (Lipinski definition) is 2. The molecule has 194 valence electrons. The van der Waals surface area contributed by atoms with Gasteiger partial charge in [0.2, 0.25) is 0 Å². The van der Waals surface area contributed by atoms with Gasteiger partial charge in [0.25, 0.3) is 0 Å². The van der Waals surface area contributed by atoms with Crippen molar-refractivity contribution in [3.63, 3.8) is 0 Å². The van der Waals surface area contributed by atoms with Crippen molar-refractivity contribution in [1.82, 2.24) is 14.8 Å². The molecule has 2 heterocycles. The summed E-state index contributed by atoms with van der Waals surface area (Å²) in [6.45, 7) is 1.64. The van der Waals surface area contributed by atoms with E-state index >= 15 is 0 Å². The highest BCUT2D eigenvalue weighted by Crippen LogP contribution is 2.49. The zero-order valence-electron chi connectivity index (χ0n) is 20.0. The Bertz CT molecular complexity index is 1540. The van der Waals surface area contributed by atoms with E-state index in [0.29, 0.717) is 40.4 Å². The highest BCUT2D eigenvalue weighted by molar-refractivity contribution is 6.31. The minimum absolute atomic E-state index is 0.156. The Kier molecular flexibility index (Phi) is 6.58. The van der Waals surface area contributed by atoms with Gasteiger partial charge in [0.05, 0.1) is 29.2 Å². The van der Waals surface area contributed by atoms with Gasteiger partial charge in [0.15, 0.2) is 11.6 Å². The van der Waals surface area contributed by atoms with Gasteiger partial charge in [0.1, 0.15) is 11.9 Å². The number of carbonyl (C=O) groups is 2. The number of nitrogens with zero attached hydrogens (tertiary/aromatic N) is 3. The van der Waals surface area contributed by atoms with Gasteiger partial charge >= 0.3 is 12.1 Å². The van der Waals surface area contributed by atoms with E-state index in [1.54, 1.807) is 49.4 Å². The minimum Gasteiger partial charge on any atom is -0.481 e. The molecule has 1 atom stereocenters. The lowest BCUT2D eigenvalue weighted by molar-refractivity contribution is -0.140. The maximum Gasteiger partial charge on any atom is 0.413 e. The van der Waals surface area contributed by atoms with Crippen LogP contribution in [0.5, 0.6) is 0 Å². The minimum atomic E-state index is -1.15. The molecule has 11 heteroatoms. The molecule has 1 amide bonds. The van der Waals surface area contributed by atoms with Crippen molar-refractivity contribution in [3.8, 4) is 16.9 Å². The van der Waals surface area contributed by atoms with Gasteiger partial charge in [-0.2, -0.15) is 5.10 Å². The maximum absolute atomic E-state index is 14.8. The fourth-order valence-electron chi connectivity index (χ4n) is 4.26. The first-order valence-electron chi connectivity index (χ1n) is 11.7. The number of anilines is 1. The maximum atomic E-state index is 14.8. The van der Waals surface area contributed by atoms with Crippen LogP contribution in [0.4, 0.5) is 19.4 Å². The number of benzene rings is 2. The van der Waals surface area contributed by atoms with Crippen molar-refractivity contribution in [1.29, 1.82) is 0 Å². The second-order valence-corrected chi connectivity index (χ2v) is 9.34. The van der Waals surface area contributed by atoms with E-state index in [2.05, 4.69) is 15.4 Å². The summed E-state index contributed by atoms with van der Waals surface area (Å²) in [6.07, 6.45) is 1.51. The van der Waals surface area contributed by atoms with Crippen molar-refractivity contribution in [3.05, 3.63) is 94.8 Å². The molecule has 1 saturated carbocycles. The summed E-state index contributed by atoms with van der Waals surface area (Å²) in [5.74, 6) is -2.70. The molecular weight excluding hydrogens is 518 g/mol. The van der Waals surface area contributed by atoms with Gasteiger partial charge in [-0.05, 0) is 44.0 Å². The number of carbonyl (C=O) groups excluding carboxylic acids is 1. The number of carboxylic acids is 1. The normalized spacial score (nSPS) is 14.5. The molecule has 4 aromatic rings. The van der Waals surface area contributed by atoms with E-state index < -0.39 is 35.2 Å². The van der Waals surface area contributed by atoms with Gasteiger partial charge < -0.3 is 9.84 Å². The van der Waals surface area contributed by atoms with Crippen LogP contribution < -0.4 is 5.32 Å². The Morgan fingerprint density at radius 1 is 1.11 bits per heavy atom. The Balaban J connectivity index is 1.33. The number of ether oxygens (including phenoxy) is 1. The van der Waals surface area contributed by atoms with E-state index in [1.807, 2.05) is 0 Å². The van der Waals surface area contributed by atoms with Crippen LogP contribution in [0.25, 0.3) is 16.9 Å². The van der Waals surface area contributed by atoms with Crippen molar-refractivity contribution >= 4 is 29.5 Å². The summed E-state index contributed by atoms with van der Waals surface area (Å²) in [5.41, 5.74) is 0.781. The van der Waals surface area contributed by atoms with E-state index in [9.17, 15) is 23.5 Å². The third kappa shape index (κ3) is 4.70. The molecule has 1 unspecified atom stereocenters. The van der Waals surface area contributed by atoms with Gasteiger partial charge in [-0.1, -0.05) is 41.9 Å². The molecule has 2 N–H and O–H groups in total. The van der Waals surface area contributed by atoms with Crippen LogP contribution in [-0.2, 0) is 14.9 Å². The molecule has 0 radical (unpaired) electrons. The highest BCUT2D eigenvalue weighted by Gasteiger charge is 2.53. The molecule has 2 aromatic carbocycles. The number of rotatable bonds is 7. The molecule has 1 aliphatic carbocycles. The number of pyridine rings is 1. The zero-order chi connectivity index (χ0) is 27.0. The van der Waals surface area contributed by atoms with Crippen molar-refractivity contribution in [2.75, 3.05) is 5.32 Å². The summed E-state index contributed by atoms with van der Waals surface area (Å²) in [5, 5.41) is 16.2. The predicted molar refractivity (Wildman–Crippen MR) is 135 cm³/mol. The van der Waals surface area contributed by atoms with Crippen molar-refractivity contribution in [2.45, 2.75) is 31.3 Å². The van der Waals surface area contributed by atoms with Crippen molar-refractivity contribution < 1.29 is 28.2 Å². The third-order valence-corrected chi connectivity index (χ3v) is 6.85. The standard InChI is InChI=1S/C27H21ClF2N4O4/c1-15(18-4-2-3-5-20(18)28)38-26(37)33-24-22(30)14-32-34(24)17-7-9-23(31-13-17)16-6-8-19(21(29)12-16)27(10-11-27)25(35)36/h2-9,12-15H,10-11H2,1H3,(H,33,37)(H,35,36). The summed E-state index contributed by atoms with van der Waals surface area (Å²) in [7, 11) is 0. The molecule has 0 bridgehead atoms. The Morgan fingerprint density at radius 2 is 1.87 bits per heavy atom. The van der Waals surface area contributed by atoms with Gasteiger partial charge in [0, 0.05) is 21.7 Å². The lowest BCUT2D eigenvalue weighted by Crippen LogP contribution is -2.20. The van der Waals surface area contributed by atoms with Crippen LogP contribution in [0.3, 0.4) is 0 Å². The fraction of sp³-hybridized carbons (Fsp3) is 0.185. The summed E-state index contributed by atoms with van der Waals surface area (Å²) in [4.78, 5) is 28.3. The van der Waals surface area contributed by atoms with E-state index in [4.69, 9.17) is 16.3 Å². The molecule has 0 spiro atoms. The van der Waals surface area contributed by atoms with E-state index in [0.717, 1.165) is 10.9 Å². The Labute approximate surface area is 220 Å². The van der Waals surface area contributed by atoms with Crippen LogP contribution in [0.2, 0.25) is 5.02 Å². The number of aromatic nitrogens is 3. The van der Waals surface area contributed by atoms with E-state index in [1.165, 1.54) is 18.3 Å². The molecule has 1 aliphatic rings. The lowest BCUT2D eigenvalue weighted by Gasteiger charge is -2.16. The summed E-state index contributed by atoms with van der Waals surface area (Å²) in [6, 6.07) is 14.4. The van der Waals surface area contributed by atoms with Crippen LogP contribution in [-0.4, -0.2) is 31.9 Å². The SMILES string of the molecule is CC(OC(=O)Nc1c(F)cnn1-c1ccc(-c2ccc(C3(C(=O)O)CC3)c(F)c2)nc1)c1ccccc1Cl. The largest absolute Gasteiger partial charge is 0.481 e. The first-order chi connectivity index (χ1) is 18.2. The summed E-state index contributed by atoms with van der Waals surface area (Å²) >= 11 is 6.15. The molecule has 1 fully saturated rings. The van der Waals surface area contributed by atoms with Crippen LogP contribution >= 0.6 is 11.6 Å². The average molecular weight is 539 g/mol. The molecule has 5 rings (SSSR count). The molecule has 2 aromatic heterocycles. The molecule has 38 heavy (non-hydrogen) atoms. The van der Waals surface area contributed by atoms with Gasteiger partial charge in [-0.15, -0.1) is 0 Å². The van der Waals surface area contributed by atoms with Crippen molar-refractivity contribution in [2.24, 2.45) is 0 Å². The average Bonchev–Trinajstić information content (AvgIpc) is 3.63. The number of nitrogens with one attached hydrogen (secondary N) is 1.